The second-order valence-electron chi connectivity index (χ2n) is 4.20. The summed E-state index contributed by atoms with van der Waals surface area (Å²) < 4.78 is 0. The van der Waals surface area contributed by atoms with Crippen LogP contribution < -0.4 is 0 Å². The number of nitrogens with zero attached hydrogens (tertiary/aromatic N) is 3. The quantitative estimate of drug-likeness (QED) is 0.639. The summed E-state index contributed by atoms with van der Waals surface area (Å²) in [6.07, 6.45) is 0.934. The smallest absolute Gasteiger partial charge is 0.138 e. The van der Waals surface area contributed by atoms with Crippen molar-refractivity contribution in [3.8, 4) is 18.2 Å². The zero-order chi connectivity index (χ0) is 11.8. The molecule has 0 spiro atoms. The van der Waals surface area contributed by atoms with Crippen LogP contribution in [0.2, 0.25) is 0 Å². The van der Waals surface area contributed by atoms with Crippen molar-refractivity contribution in [1.82, 2.24) is 0 Å². The van der Waals surface area contributed by atoms with Crippen LogP contribution in [-0.2, 0) is 0 Å². The normalized spacial score (nSPS) is 9.86. The second-order valence-corrected chi connectivity index (χ2v) is 4.20. The van der Waals surface area contributed by atoms with Gasteiger partial charge in [0.15, 0.2) is 0 Å². The third-order valence-corrected chi connectivity index (χ3v) is 1.75. The van der Waals surface area contributed by atoms with Gasteiger partial charge in [-0.1, -0.05) is 6.92 Å². The fraction of sp³-hybridized carbons (Fsp3) is 0.727. The fourth-order valence-electron chi connectivity index (χ4n) is 0.104. The molecule has 0 aliphatic heterocycles. The lowest BCUT2D eigenvalue weighted by Gasteiger charge is -2.08. The molecule has 0 aliphatic rings. The molecule has 76 valence electrons. The molecule has 0 atom stereocenters. The minimum absolute atomic E-state index is 0.111. The maximum atomic E-state index is 8.34. The summed E-state index contributed by atoms with van der Waals surface area (Å²) in [7, 11) is 0. The summed E-state index contributed by atoms with van der Waals surface area (Å²) in [5.41, 5.74) is -0.917. The topological polar surface area (TPSA) is 71.4 Å². The highest BCUT2D eigenvalue weighted by Gasteiger charge is 2.13. The van der Waals surface area contributed by atoms with Crippen molar-refractivity contribution in [2.24, 2.45) is 10.8 Å². The van der Waals surface area contributed by atoms with Gasteiger partial charge in [0.05, 0.1) is 23.6 Å². The van der Waals surface area contributed by atoms with Crippen LogP contribution in [-0.4, -0.2) is 0 Å². The lowest BCUT2D eigenvalue weighted by molar-refractivity contribution is 0.477. The molecular formula is C11H17N3. The molecule has 0 aromatic heterocycles. The molecule has 3 nitrogen and oxygen atoms in total. The molecule has 0 aliphatic carbocycles. The first kappa shape index (κ1) is 15.0. The number of rotatable bonds is 1. The Morgan fingerprint density at radius 3 is 1.21 bits per heavy atom. The third-order valence-electron chi connectivity index (χ3n) is 1.75. The molecule has 0 N–H and O–H groups in total. The van der Waals surface area contributed by atoms with E-state index in [1.54, 1.807) is 13.8 Å². The molecule has 0 radical (unpaired) electrons. The summed E-state index contributed by atoms with van der Waals surface area (Å²) in [5.74, 6) is 0. The summed E-state index contributed by atoms with van der Waals surface area (Å²) >= 11 is 0. The average molecular weight is 191 g/mol. The molecule has 0 rings (SSSR count). The first-order chi connectivity index (χ1) is 6.24. The van der Waals surface area contributed by atoms with Gasteiger partial charge in [0, 0.05) is 0 Å². The summed E-state index contributed by atoms with van der Waals surface area (Å²) in [5, 5.41) is 24.6. The molecule has 0 amide bonds. The minimum atomic E-state index is -0.806. The number of nitriles is 3. The van der Waals surface area contributed by atoms with Crippen LogP contribution in [0.15, 0.2) is 0 Å². The molecule has 0 aromatic carbocycles. The van der Waals surface area contributed by atoms with Crippen LogP contribution in [0, 0.1) is 44.8 Å². The van der Waals surface area contributed by atoms with Gasteiger partial charge in [-0.3, -0.25) is 0 Å². The molecule has 0 fully saturated rings. The Morgan fingerprint density at radius 2 is 1.21 bits per heavy atom. The first-order valence-corrected chi connectivity index (χ1v) is 4.48. The van der Waals surface area contributed by atoms with Crippen molar-refractivity contribution in [3.05, 3.63) is 0 Å². The van der Waals surface area contributed by atoms with E-state index >= 15 is 0 Å². The van der Waals surface area contributed by atoms with Crippen molar-refractivity contribution in [2.75, 3.05) is 0 Å². The zero-order valence-electron chi connectivity index (χ0n) is 9.55. The Kier molecular flexibility index (Phi) is 6.42. The van der Waals surface area contributed by atoms with Gasteiger partial charge in [-0.05, 0) is 34.1 Å². The SMILES string of the molecule is CC(C)(C#N)C#N.CCC(C)(C)C#N. The van der Waals surface area contributed by atoms with E-state index in [0.717, 1.165) is 6.42 Å². The maximum absolute atomic E-state index is 8.34. The molecule has 0 heterocycles. The fourth-order valence-corrected chi connectivity index (χ4v) is 0.104. The van der Waals surface area contributed by atoms with Crippen LogP contribution in [0.4, 0.5) is 0 Å². The standard InChI is InChI=1S/C6H11N.C5H6N2/c1-4-6(2,3)5-7;1-5(2,3-6)4-7/h4H2,1-3H3;1-2H3. The Morgan fingerprint density at radius 1 is 0.857 bits per heavy atom. The highest BCUT2D eigenvalue weighted by molar-refractivity contribution is 5.07. The van der Waals surface area contributed by atoms with E-state index in [4.69, 9.17) is 15.8 Å². The van der Waals surface area contributed by atoms with Crippen molar-refractivity contribution >= 4 is 0 Å². The minimum Gasteiger partial charge on any atom is -0.198 e. The highest BCUT2D eigenvalue weighted by Crippen LogP contribution is 2.16. The molecular weight excluding hydrogens is 174 g/mol. The zero-order valence-corrected chi connectivity index (χ0v) is 9.55. The van der Waals surface area contributed by atoms with Crippen molar-refractivity contribution in [2.45, 2.75) is 41.0 Å². The Labute approximate surface area is 86.6 Å². The van der Waals surface area contributed by atoms with Crippen LogP contribution in [0.5, 0.6) is 0 Å². The van der Waals surface area contributed by atoms with E-state index < -0.39 is 5.41 Å². The van der Waals surface area contributed by atoms with Crippen molar-refractivity contribution < 1.29 is 0 Å². The average Bonchev–Trinajstić information content (AvgIpc) is 2.19. The van der Waals surface area contributed by atoms with E-state index in [-0.39, 0.29) is 5.41 Å². The van der Waals surface area contributed by atoms with Gasteiger partial charge in [-0.25, -0.2) is 0 Å². The van der Waals surface area contributed by atoms with E-state index in [9.17, 15) is 0 Å². The van der Waals surface area contributed by atoms with Gasteiger partial charge in [0.2, 0.25) is 0 Å². The molecule has 0 saturated heterocycles. The van der Waals surface area contributed by atoms with Crippen LogP contribution >= 0.6 is 0 Å². The van der Waals surface area contributed by atoms with Crippen LogP contribution in [0.3, 0.4) is 0 Å². The molecule has 0 unspecified atom stereocenters. The molecule has 0 saturated carbocycles. The Bertz CT molecular complexity index is 265. The monoisotopic (exact) mass is 191 g/mol. The molecule has 14 heavy (non-hydrogen) atoms. The van der Waals surface area contributed by atoms with E-state index in [0.29, 0.717) is 0 Å². The summed E-state index contributed by atoms with van der Waals surface area (Å²) in [6.45, 7) is 9.04. The molecule has 0 aromatic rings. The van der Waals surface area contributed by atoms with Gasteiger partial charge < -0.3 is 0 Å². The van der Waals surface area contributed by atoms with Crippen molar-refractivity contribution in [1.29, 1.82) is 15.8 Å². The molecule has 0 bridgehead atoms. The lowest BCUT2D eigenvalue weighted by atomic mass is 9.93. The predicted molar refractivity (Wildman–Crippen MR) is 54.7 cm³/mol. The van der Waals surface area contributed by atoms with Crippen molar-refractivity contribution in [3.63, 3.8) is 0 Å². The highest BCUT2D eigenvalue weighted by atomic mass is 14.4. The Hall–Kier alpha value is -1.53. The lowest BCUT2D eigenvalue weighted by Crippen LogP contribution is -2.03. The number of hydrogen-bond acceptors (Lipinski definition) is 3. The summed E-state index contributed by atoms with van der Waals surface area (Å²) in [4.78, 5) is 0. The van der Waals surface area contributed by atoms with E-state index in [1.807, 2.05) is 32.9 Å². The van der Waals surface area contributed by atoms with Crippen LogP contribution in [0.1, 0.15) is 41.0 Å². The van der Waals surface area contributed by atoms with Gasteiger partial charge in [0.1, 0.15) is 5.41 Å². The van der Waals surface area contributed by atoms with Gasteiger partial charge in [-0.15, -0.1) is 0 Å². The molecule has 3 heteroatoms. The largest absolute Gasteiger partial charge is 0.198 e. The predicted octanol–water partition coefficient (Wildman–Crippen LogP) is 3.01. The van der Waals surface area contributed by atoms with Gasteiger partial charge >= 0.3 is 0 Å². The van der Waals surface area contributed by atoms with Gasteiger partial charge in [0.25, 0.3) is 0 Å². The summed E-state index contributed by atoms with van der Waals surface area (Å²) in [6, 6.07) is 5.85. The Balaban J connectivity index is 0. The maximum Gasteiger partial charge on any atom is 0.138 e. The third kappa shape index (κ3) is 8.57. The second kappa shape index (κ2) is 6.01. The van der Waals surface area contributed by atoms with Crippen LogP contribution in [0.25, 0.3) is 0 Å². The number of hydrogen-bond donors (Lipinski definition) is 0. The van der Waals surface area contributed by atoms with E-state index in [1.165, 1.54) is 0 Å². The van der Waals surface area contributed by atoms with E-state index in [2.05, 4.69) is 6.07 Å². The van der Waals surface area contributed by atoms with Gasteiger partial charge in [-0.2, -0.15) is 15.8 Å². The first-order valence-electron chi connectivity index (χ1n) is 4.48.